The topological polar surface area (TPSA) is 91.3 Å². The van der Waals surface area contributed by atoms with Crippen molar-refractivity contribution in [3.8, 4) is 11.3 Å². The summed E-state index contributed by atoms with van der Waals surface area (Å²) in [5.74, 6) is 0.907. The molecule has 0 aliphatic carbocycles. The number of aromatic amines is 2. The van der Waals surface area contributed by atoms with Gasteiger partial charge in [0.05, 0.1) is 22.9 Å². The average Bonchev–Trinajstić information content (AvgIpc) is 3.29. The summed E-state index contributed by atoms with van der Waals surface area (Å²) < 4.78 is 7.33. The Hall–Kier alpha value is -3.13. The number of hydrogen-bond acceptors (Lipinski definition) is 5. The van der Waals surface area contributed by atoms with Crippen LogP contribution in [0.1, 0.15) is 12.8 Å². The zero-order chi connectivity index (χ0) is 18.4. The van der Waals surface area contributed by atoms with Gasteiger partial charge in [0.2, 0.25) is 0 Å². The molecule has 0 atom stereocenters. The monoisotopic (exact) mass is 364 g/mol. The van der Waals surface area contributed by atoms with E-state index in [1.54, 1.807) is 0 Å². The Morgan fingerprint density at radius 2 is 1.96 bits per heavy atom. The number of anilines is 1. The molecule has 4 heterocycles. The van der Waals surface area contributed by atoms with E-state index in [9.17, 15) is 4.79 Å². The van der Waals surface area contributed by atoms with Crippen LogP contribution in [-0.4, -0.2) is 50.9 Å². The van der Waals surface area contributed by atoms with E-state index >= 15 is 0 Å². The van der Waals surface area contributed by atoms with Crippen molar-refractivity contribution in [2.45, 2.75) is 18.9 Å². The number of imidazole rings is 2. The van der Waals surface area contributed by atoms with Crippen molar-refractivity contribution in [2.75, 3.05) is 25.2 Å². The number of nitrogens with zero attached hydrogens (tertiary/aromatic N) is 4. The number of aromatic nitrogens is 5. The molecule has 27 heavy (non-hydrogen) atoms. The maximum atomic E-state index is 11.5. The molecular weight excluding hydrogens is 344 g/mol. The van der Waals surface area contributed by atoms with Crippen LogP contribution < -0.4 is 10.6 Å². The smallest absolute Gasteiger partial charge is 0.323 e. The Morgan fingerprint density at radius 1 is 1.15 bits per heavy atom. The third-order valence-electron chi connectivity index (χ3n) is 5.26. The van der Waals surface area contributed by atoms with Crippen molar-refractivity contribution < 1.29 is 4.74 Å². The fourth-order valence-corrected chi connectivity index (χ4v) is 3.70. The van der Waals surface area contributed by atoms with Crippen LogP contribution >= 0.6 is 0 Å². The van der Waals surface area contributed by atoms with Gasteiger partial charge in [0.25, 0.3) is 0 Å². The third kappa shape index (κ3) is 2.78. The van der Waals surface area contributed by atoms with Crippen molar-refractivity contribution in [1.29, 1.82) is 0 Å². The van der Waals surface area contributed by atoms with Gasteiger partial charge in [0.1, 0.15) is 5.82 Å². The largest absolute Gasteiger partial charge is 0.381 e. The fraction of sp³-hybridized carbons (Fsp3) is 0.316. The summed E-state index contributed by atoms with van der Waals surface area (Å²) in [6.07, 6.45) is 3.82. The molecule has 1 aliphatic rings. The molecule has 0 amide bonds. The predicted octanol–water partition coefficient (Wildman–Crippen LogP) is 2.18. The van der Waals surface area contributed by atoms with Crippen LogP contribution in [0.5, 0.6) is 0 Å². The molecular formula is C19H20N6O2. The predicted molar refractivity (Wildman–Crippen MR) is 103 cm³/mol. The Balaban J connectivity index is 1.57. The minimum absolute atomic E-state index is 0.209. The molecule has 0 bridgehead atoms. The molecule has 8 nitrogen and oxygen atoms in total. The summed E-state index contributed by atoms with van der Waals surface area (Å²) in [6, 6.07) is 10.2. The molecule has 1 aliphatic heterocycles. The average molecular weight is 364 g/mol. The lowest BCUT2D eigenvalue weighted by Crippen LogP contribution is -2.37. The maximum absolute atomic E-state index is 11.5. The van der Waals surface area contributed by atoms with Crippen LogP contribution in [0.2, 0.25) is 0 Å². The summed E-state index contributed by atoms with van der Waals surface area (Å²) in [5, 5.41) is 4.83. The Labute approximate surface area is 154 Å². The highest BCUT2D eigenvalue weighted by atomic mass is 16.5. The zero-order valence-corrected chi connectivity index (χ0v) is 15.0. The lowest BCUT2D eigenvalue weighted by Gasteiger charge is -2.31. The zero-order valence-electron chi connectivity index (χ0n) is 15.0. The van der Waals surface area contributed by atoms with Gasteiger partial charge in [-0.25, -0.2) is 14.3 Å². The Kier molecular flexibility index (Phi) is 3.71. The molecule has 138 valence electrons. The molecule has 0 spiro atoms. The SMILES string of the molecule is CN(c1ccc2ncc(-c3ccc4[nH]c(=O)[nH]c4c3)n2n1)C1CCOCC1. The van der Waals surface area contributed by atoms with Gasteiger partial charge >= 0.3 is 5.69 Å². The first-order valence-electron chi connectivity index (χ1n) is 9.07. The van der Waals surface area contributed by atoms with E-state index in [1.165, 1.54) is 0 Å². The van der Waals surface area contributed by atoms with Crippen molar-refractivity contribution in [1.82, 2.24) is 24.6 Å². The molecule has 8 heteroatoms. The molecule has 4 aromatic rings. The molecule has 0 unspecified atom stereocenters. The van der Waals surface area contributed by atoms with Gasteiger partial charge in [-0.2, -0.15) is 0 Å². The van der Waals surface area contributed by atoms with Crippen LogP contribution in [0.15, 0.2) is 41.3 Å². The number of ether oxygens (including phenoxy) is 1. The molecule has 3 aromatic heterocycles. The molecule has 1 fully saturated rings. The van der Waals surface area contributed by atoms with Gasteiger partial charge in [-0.1, -0.05) is 6.07 Å². The van der Waals surface area contributed by atoms with Crippen LogP contribution in [-0.2, 0) is 4.74 Å². The maximum Gasteiger partial charge on any atom is 0.323 e. The van der Waals surface area contributed by atoms with Crippen molar-refractivity contribution >= 4 is 22.5 Å². The lowest BCUT2D eigenvalue weighted by molar-refractivity contribution is 0.0853. The summed E-state index contributed by atoms with van der Waals surface area (Å²) in [5.41, 5.74) is 3.96. The number of hydrogen-bond donors (Lipinski definition) is 2. The van der Waals surface area contributed by atoms with Crippen LogP contribution in [0.25, 0.3) is 27.9 Å². The van der Waals surface area contributed by atoms with E-state index in [0.717, 1.165) is 59.8 Å². The van der Waals surface area contributed by atoms with E-state index < -0.39 is 0 Å². The lowest BCUT2D eigenvalue weighted by atomic mass is 10.1. The van der Waals surface area contributed by atoms with Crippen molar-refractivity contribution in [2.24, 2.45) is 0 Å². The van der Waals surface area contributed by atoms with Gasteiger partial charge < -0.3 is 19.6 Å². The number of rotatable bonds is 3. The van der Waals surface area contributed by atoms with Gasteiger partial charge in [0, 0.05) is 31.9 Å². The Bertz CT molecular complexity index is 1170. The summed E-state index contributed by atoms with van der Waals surface area (Å²) >= 11 is 0. The number of H-pyrrole nitrogens is 2. The minimum atomic E-state index is -0.209. The second kappa shape index (κ2) is 6.24. The first kappa shape index (κ1) is 16.1. The van der Waals surface area contributed by atoms with Crippen molar-refractivity contribution in [3.63, 3.8) is 0 Å². The highest BCUT2D eigenvalue weighted by Gasteiger charge is 2.20. The van der Waals surface area contributed by atoms with Gasteiger partial charge in [0.15, 0.2) is 5.65 Å². The van der Waals surface area contributed by atoms with Crippen LogP contribution in [0, 0.1) is 0 Å². The second-order valence-corrected chi connectivity index (χ2v) is 6.90. The molecule has 0 radical (unpaired) electrons. The van der Waals surface area contributed by atoms with E-state index in [0.29, 0.717) is 6.04 Å². The normalized spacial score (nSPS) is 15.6. The molecule has 2 N–H and O–H groups in total. The quantitative estimate of drug-likeness (QED) is 0.581. The molecule has 1 saturated heterocycles. The van der Waals surface area contributed by atoms with Crippen LogP contribution in [0.4, 0.5) is 5.82 Å². The minimum Gasteiger partial charge on any atom is -0.381 e. The molecule has 0 saturated carbocycles. The van der Waals surface area contributed by atoms with Crippen molar-refractivity contribution in [3.05, 3.63) is 47.0 Å². The van der Waals surface area contributed by atoms with E-state index in [-0.39, 0.29) is 5.69 Å². The van der Waals surface area contributed by atoms with Crippen LogP contribution in [0.3, 0.4) is 0 Å². The van der Waals surface area contributed by atoms with Gasteiger partial charge in [-0.15, -0.1) is 5.10 Å². The summed E-state index contributed by atoms with van der Waals surface area (Å²) in [4.78, 5) is 23.8. The molecule has 5 rings (SSSR count). The van der Waals surface area contributed by atoms with E-state index in [4.69, 9.17) is 9.84 Å². The highest BCUT2D eigenvalue weighted by molar-refractivity contribution is 5.81. The number of benzene rings is 1. The second-order valence-electron chi connectivity index (χ2n) is 6.90. The first-order valence-corrected chi connectivity index (χ1v) is 9.07. The highest BCUT2D eigenvalue weighted by Crippen LogP contribution is 2.25. The summed E-state index contributed by atoms with van der Waals surface area (Å²) in [7, 11) is 2.08. The molecule has 1 aromatic carbocycles. The fourth-order valence-electron chi connectivity index (χ4n) is 3.70. The summed E-state index contributed by atoms with van der Waals surface area (Å²) in [6.45, 7) is 1.59. The van der Waals surface area contributed by atoms with E-state index in [1.807, 2.05) is 41.0 Å². The van der Waals surface area contributed by atoms with E-state index in [2.05, 4.69) is 26.9 Å². The van der Waals surface area contributed by atoms with Gasteiger partial charge in [-0.3, -0.25) is 0 Å². The number of fused-ring (bicyclic) bond motifs is 2. The number of nitrogens with one attached hydrogen (secondary N) is 2. The third-order valence-corrected chi connectivity index (χ3v) is 5.26. The standard InChI is InChI=1S/C19H20N6O2/c1-24(13-6-8-27-9-7-13)18-5-4-17-20-11-16(25(17)23-18)12-2-3-14-15(10-12)22-19(26)21-14/h2-5,10-11,13H,6-9H2,1H3,(H2,21,22,26). The van der Waals surface area contributed by atoms with Gasteiger partial charge in [-0.05, 0) is 37.1 Å². The Morgan fingerprint density at radius 3 is 2.81 bits per heavy atom. The first-order chi connectivity index (χ1) is 13.2.